The van der Waals surface area contributed by atoms with Crippen LogP contribution in [0.5, 0.6) is 5.75 Å². The first-order valence-electron chi connectivity index (χ1n) is 10.9. The third-order valence-electron chi connectivity index (χ3n) is 5.38. The third-order valence-corrected chi connectivity index (χ3v) is 5.38. The number of pyridine rings is 2. The number of fused-ring (bicyclic) bond motifs is 1. The summed E-state index contributed by atoms with van der Waals surface area (Å²) in [6.45, 7) is 4.23. The minimum atomic E-state index is 0.354. The monoisotopic (exact) mass is 453 g/mol. The first kappa shape index (κ1) is 22.8. The minimum Gasteiger partial charge on any atom is -0.497 e. The molecule has 4 aromatic rings. The van der Waals surface area contributed by atoms with Gasteiger partial charge in [0.25, 0.3) is 0 Å². The second kappa shape index (κ2) is 10.1. The van der Waals surface area contributed by atoms with Crippen molar-refractivity contribution < 1.29 is 4.74 Å². The molecule has 172 valence electrons. The van der Waals surface area contributed by atoms with E-state index in [2.05, 4.69) is 39.3 Å². The lowest BCUT2D eigenvalue weighted by molar-refractivity contribution is 0.414. The quantitative estimate of drug-likeness (QED) is 0.386. The van der Waals surface area contributed by atoms with E-state index in [1.807, 2.05) is 48.5 Å². The standard InChI is InChI=1S/C26H27N7O/c1-16(2)18-12-25(33-30-14-18)32-24-9-8-22-23(31-24)11-19(13-29-22)21(15-28-3)26(27)17-6-5-7-20(10-17)34-4/h5-16H,27H2,1-4H3,(H,31,32,33). The average Bonchev–Trinajstić information content (AvgIpc) is 2.86. The van der Waals surface area contributed by atoms with Crippen LogP contribution in [0.3, 0.4) is 0 Å². The van der Waals surface area contributed by atoms with E-state index < -0.39 is 0 Å². The Kier molecular flexibility index (Phi) is 6.77. The predicted molar refractivity (Wildman–Crippen MR) is 137 cm³/mol. The molecule has 0 atom stereocenters. The van der Waals surface area contributed by atoms with Crippen molar-refractivity contribution in [1.82, 2.24) is 20.2 Å². The molecule has 3 N–H and O–H groups in total. The number of ether oxygens (including phenoxy) is 1. The summed E-state index contributed by atoms with van der Waals surface area (Å²) in [5.74, 6) is 2.37. The first-order valence-corrected chi connectivity index (χ1v) is 10.9. The van der Waals surface area contributed by atoms with Crippen LogP contribution in [0, 0.1) is 0 Å². The van der Waals surface area contributed by atoms with E-state index in [4.69, 9.17) is 15.5 Å². The van der Waals surface area contributed by atoms with Crippen molar-refractivity contribution in [2.24, 2.45) is 10.7 Å². The number of aliphatic imine (C=N–C) groups is 1. The van der Waals surface area contributed by atoms with Gasteiger partial charge in [-0.2, -0.15) is 5.10 Å². The topological polar surface area (TPSA) is 111 Å². The lowest BCUT2D eigenvalue weighted by Gasteiger charge is -2.11. The molecule has 8 heteroatoms. The maximum Gasteiger partial charge on any atom is 0.154 e. The maximum absolute atomic E-state index is 6.55. The van der Waals surface area contributed by atoms with Crippen LogP contribution in [0.2, 0.25) is 0 Å². The maximum atomic E-state index is 6.55. The van der Waals surface area contributed by atoms with Gasteiger partial charge in [-0.3, -0.25) is 9.98 Å². The Bertz CT molecular complexity index is 1380. The van der Waals surface area contributed by atoms with Crippen LogP contribution in [-0.2, 0) is 0 Å². The van der Waals surface area contributed by atoms with Gasteiger partial charge in [-0.15, -0.1) is 5.10 Å². The molecule has 0 spiro atoms. The van der Waals surface area contributed by atoms with Crippen LogP contribution in [0.1, 0.15) is 36.5 Å². The summed E-state index contributed by atoms with van der Waals surface area (Å²) in [4.78, 5) is 13.5. The van der Waals surface area contributed by atoms with Gasteiger partial charge in [-0.1, -0.05) is 26.0 Å². The van der Waals surface area contributed by atoms with Gasteiger partial charge >= 0.3 is 0 Å². The highest BCUT2D eigenvalue weighted by Gasteiger charge is 2.11. The molecule has 1 aromatic carbocycles. The SMILES string of the molecule is CN=CC(=C(N)c1cccc(OC)c1)c1cnc2ccc(Nc3cc(C(C)C)cnn3)nc2c1. The normalized spacial score (nSPS) is 12.3. The van der Waals surface area contributed by atoms with Crippen LogP contribution in [0.25, 0.3) is 22.3 Å². The van der Waals surface area contributed by atoms with Crippen LogP contribution in [-0.4, -0.2) is 40.5 Å². The Morgan fingerprint density at radius 3 is 2.65 bits per heavy atom. The van der Waals surface area contributed by atoms with Crippen LogP contribution in [0.15, 0.2) is 65.9 Å². The molecule has 34 heavy (non-hydrogen) atoms. The van der Waals surface area contributed by atoms with Crippen molar-refractivity contribution in [3.8, 4) is 5.75 Å². The molecule has 0 amide bonds. The first-order chi connectivity index (χ1) is 16.5. The predicted octanol–water partition coefficient (Wildman–Crippen LogP) is 4.82. The van der Waals surface area contributed by atoms with Crippen LogP contribution < -0.4 is 15.8 Å². The van der Waals surface area contributed by atoms with E-state index in [0.717, 1.165) is 39.0 Å². The van der Waals surface area contributed by atoms with Crippen molar-refractivity contribution in [3.05, 3.63) is 77.6 Å². The number of allylic oxidation sites excluding steroid dienone is 1. The number of methoxy groups -OCH3 is 1. The number of anilines is 2. The molecule has 0 bridgehead atoms. The van der Waals surface area contributed by atoms with E-state index in [0.29, 0.717) is 23.3 Å². The summed E-state index contributed by atoms with van der Waals surface area (Å²) in [6, 6.07) is 15.3. The molecule has 8 nitrogen and oxygen atoms in total. The van der Waals surface area contributed by atoms with Crippen LogP contribution >= 0.6 is 0 Å². The average molecular weight is 454 g/mol. The Hall–Kier alpha value is -4.33. The fraction of sp³-hybridized carbons (Fsp3) is 0.192. The molecular formula is C26H27N7O. The molecule has 3 heterocycles. The molecule has 0 aliphatic heterocycles. The number of aromatic nitrogens is 4. The summed E-state index contributed by atoms with van der Waals surface area (Å²) >= 11 is 0. The minimum absolute atomic E-state index is 0.354. The van der Waals surface area contributed by atoms with E-state index in [1.165, 1.54) is 0 Å². The van der Waals surface area contributed by atoms with E-state index in [-0.39, 0.29) is 0 Å². The molecule has 0 aliphatic rings. The van der Waals surface area contributed by atoms with E-state index >= 15 is 0 Å². The number of nitrogens with two attached hydrogens (primary N) is 1. The Morgan fingerprint density at radius 1 is 1.03 bits per heavy atom. The van der Waals surface area contributed by atoms with Gasteiger partial charge in [-0.25, -0.2) is 4.98 Å². The largest absolute Gasteiger partial charge is 0.497 e. The summed E-state index contributed by atoms with van der Waals surface area (Å²) in [6.07, 6.45) is 5.28. The number of hydrogen-bond donors (Lipinski definition) is 2. The zero-order valence-electron chi connectivity index (χ0n) is 19.6. The zero-order valence-corrected chi connectivity index (χ0v) is 19.6. The summed E-state index contributed by atoms with van der Waals surface area (Å²) < 4.78 is 5.34. The van der Waals surface area contributed by atoms with Gasteiger partial charge in [0, 0.05) is 41.9 Å². The summed E-state index contributed by atoms with van der Waals surface area (Å²) in [5.41, 5.74) is 12.1. The number of nitrogens with zero attached hydrogens (tertiary/aromatic N) is 5. The highest BCUT2D eigenvalue weighted by atomic mass is 16.5. The van der Waals surface area contributed by atoms with Gasteiger partial charge < -0.3 is 15.8 Å². The van der Waals surface area contributed by atoms with Crippen molar-refractivity contribution in [2.45, 2.75) is 19.8 Å². The molecule has 3 aromatic heterocycles. The van der Waals surface area contributed by atoms with Gasteiger partial charge in [-0.05, 0) is 47.9 Å². The number of benzene rings is 1. The summed E-state index contributed by atoms with van der Waals surface area (Å²) in [7, 11) is 3.34. The van der Waals surface area contributed by atoms with Crippen molar-refractivity contribution in [2.75, 3.05) is 19.5 Å². The molecule has 4 rings (SSSR count). The van der Waals surface area contributed by atoms with Crippen molar-refractivity contribution in [1.29, 1.82) is 0 Å². The van der Waals surface area contributed by atoms with E-state index in [1.54, 1.807) is 32.8 Å². The molecule has 0 saturated carbocycles. The Balaban J connectivity index is 1.73. The molecule has 0 fully saturated rings. The second-order valence-electron chi connectivity index (χ2n) is 8.06. The third kappa shape index (κ3) is 5.01. The number of hydrogen-bond acceptors (Lipinski definition) is 8. The highest BCUT2D eigenvalue weighted by molar-refractivity contribution is 6.19. The summed E-state index contributed by atoms with van der Waals surface area (Å²) in [5, 5.41) is 11.5. The number of nitrogens with one attached hydrogen (secondary N) is 1. The molecular weight excluding hydrogens is 426 g/mol. The lowest BCUT2D eigenvalue weighted by atomic mass is 10.0. The second-order valence-corrected chi connectivity index (χ2v) is 8.06. The van der Waals surface area contributed by atoms with Crippen molar-refractivity contribution >= 4 is 40.2 Å². The van der Waals surface area contributed by atoms with Gasteiger partial charge in [0.05, 0.1) is 24.3 Å². The lowest BCUT2D eigenvalue weighted by Crippen LogP contribution is -2.04. The Morgan fingerprint density at radius 2 is 1.88 bits per heavy atom. The molecule has 0 saturated heterocycles. The fourth-order valence-corrected chi connectivity index (χ4v) is 3.49. The van der Waals surface area contributed by atoms with E-state index in [9.17, 15) is 0 Å². The smallest absolute Gasteiger partial charge is 0.154 e. The van der Waals surface area contributed by atoms with Crippen LogP contribution in [0.4, 0.5) is 11.6 Å². The van der Waals surface area contributed by atoms with Crippen molar-refractivity contribution in [3.63, 3.8) is 0 Å². The highest BCUT2D eigenvalue weighted by Crippen LogP contribution is 2.26. The molecule has 0 radical (unpaired) electrons. The zero-order chi connectivity index (χ0) is 24.1. The number of rotatable bonds is 7. The van der Waals surface area contributed by atoms with Gasteiger partial charge in [0.2, 0.25) is 0 Å². The van der Waals surface area contributed by atoms with Gasteiger partial charge in [0.1, 0.15) is 11.6 Å². The fourth-order valence-electron chi connectivity index (χ4n) is 3.49. The van der Waals surface area contributed by atoms with Gasteiger partial charge in [0.15, 0.2) is 5.82 Å². The Labute approximate surface area is 198 Å². The molecule has 0 unspecified atom stereocenters. The molecule has 0 aliphatic carbocycles.